The zero-order valence-corrected chi connectivity index (χ0v) is 18.2. The first-order valence-corrected chi connectivity index (χ1v) is 10.5. The number of carbonyl (C=O) groups is 2. The van der Waals surface area contributed by atoms with E-state index in [-0.39, 0.29) is 18.3 Å². The summed E-state index contributed by atoms with van der Waals surface area (Å²) in [5.41, 5.74) is 1.28. The van der Waals surface area contributed by atoms with E-state index < -0.39 is 16.1 Å². The zero-order valence-electron chi connectivity index (χ0n) is 17.4. The number of non-ortho nitro benzene ring substituents is 1. The predicted molar refractivity (Wildman–Crippen MR) is 118 cm³/mol. The van der Waals surface area contributed by atoms with Gasteiger partial charge in [0, 0.05) is 12.1 Å². The molecule has 1 aliphatic rings. The molecule has 2 aromatic rings. The summed E-state index contributed by atoms with van der Waals surface area (Å²) in [6.07, 6.45) is 2.53. The molecule has 2 aromatic carbocycles. The maximum Gasteiger partial charge on any atom is 0.293 e. The van der Waals surface area contributed by atoms with Crippen LogP contribution < -0.4 is 9.47 Å². The van der Waals surface area contributed by atoms with E-state index >= 15 is 0 Å². The van der Waals surface area contributed by atoms with Crippen LogP contribution in [0.3, 0.4) is 0 Å². The number of imide groups is 1. The van der Waals surface area contributed by atoms with E-state index in [0.717, 1.165) is 23.1 Å². The molecular weight excluding hydrogens is 420 g/mol. The third-order valence-electron chi connectivity index (χ3n) is 4.75. The minimum atomic E-state index is -0.500. The van der Waals surface area contributed by atoms with Gasteiger partial charge >= 0.3 is 0 Å². The molecule has 0 N–H and O–H groups in total. The minimum Gasteiger partial charge on any atom is -0.493 e. The van der Waals surface area contributed by atoms with E-state index in [9.17, 15) is 19.7 Å². The van der Waals surface area contributed by atoms with Crippen molar-refractivity contribution < 1.29 is 24.0 Å². The molecule has 0 saturated carbocycles. The lowest BCUT2D eigenvalue weighted by molar-refractivity contribution is -0.384. The largest absolute Gasteiger partial charge is 0.493 e. The molecule has 2 amide bonds. The molecule has 9 heteroatoms. The number of carbonyl (C=O) groups excluding carboxylic acids is 2. The number of nitrogens with zero attached hydrogens (tertiary/aromatic N) is 2. The van der Waals surface area contributed by atoms with Gasteiger partial charge in [0.05, 0.1) is 29.6 Å². The smallest absolute Gasteiger partial charge is 0.293 e. The normalized spacial score (nSPS) is 16.0. The fourth-order valence-electron chi connectivity index (χ4n) is 2.86. The second-order valence-corrected chi connectivity index (χ2v) is 7.93. The van der Waals surface area contributed by atoms with Crippen LogP contribution in [0.25, 0.3) is 6.08 Å². The fourth-order valence-corrected chi connectivity index (χ4v) is 3.70. The van der Waals surface area contributed by atoms with Crippen LogP contribution >= 0.6 is 11.8 Å². The van der Waals surface area contributed by atoms with Crippen molar-refractivity contribution in [2.24, 2.45) is 0 Å². The van der Waals surface area contributed by atoms with Gasteiger partial charge in [-0.3, -0.25) is 24.6 Å². The maximum atomic E-state index is 12.8. The Morgan fingerprint density at radius 3 is 2.48 bits per heavy atom. The van der Waals surface area contributed by atoms with Crippen LogP contribution in [0.2, 0.25) is 0 Å². The summed E-state index contributed by atoms with van der Waals surface area (Å²) >= 11 is 0.854. The van der Waals surface area contributed by atoms with Crippen molar-refractivity contribution in [3.05, 3.63) is 68.6 Å². The molecule has 1 unspecified atom stereocenters. The fraction of sp³-hybridized carbons (Fsp3) is 0.273. The number of nitro benzene ring substituents is 1. The molecular formula is C22H22N2O6S. The summed E-state index contributed by atoms with van der Waals surface area (Å²) in [6.45, 7) is 4.04. The third kappa shape index (κ3) is 5.24. The van der Waals surface area contributed by atoms with Gasteiger partial charge in [0.25, 0.3) is 16.8 Å². The number of methoxy groups -OCH3 is 1. The van der Waals surface area contributed by atoms with Gasteiger partial charge in [-0.05, 0) is 54.4 Å². The minimum absolute atomic E-state index is 0.0377. The summed E-state index contributed by atoms with van der Waals surface area (Å²) < 4.78 is 11.2. The van der Waals surface area contributed by atoms with Gasteiger partial charge in [-0.15, -0.1) is 0 Å². The quantitative estimate of drug-likeness (QED) is 0.322. The van der Waals surface area contributed by atoms with E-state index in [1.165, 1.54) is 24.3 Å². The number of benzene rings is 2. The molecule has 0 aromatic heterocycles. The highest BCUT2D eigenvalue weighted by molar-refractivity contribution is 8.18. The van der Waals surface area contributed by atoms with Gasteiger partial charge in [-0.1, -0.05) is 25.1 Å². The van der Waals surface area contributed by atoms with Gasteiger partial charge in [-0.2, -0.15) is 0 Å². The topological polar surface area (TPSA) is 99.0 Å². The van der Waals surface area contributed by atoms with Crippen LogP contribution in [-0.2, 0) is 11.3 Å². The molecule has 0 bridgehead atoms. The Balaban J connectivity index is 1.77. The lowest BCUT2D eigenvalue weighted by atomic mass is 10.1. The average Bonchev–Trinajstić information content (AvgIpc) is 3.02. The zero-order chi connectivity index (χ0) is 22.5. The van der Waals surface area contributed by atoms with Gasteiger partial charge in [0.1, 0.15) is 0 Å². The van der Waals surface area contributed by atoms with Crippen LogP contribution in [0.5, 0.6) is 11.5 Å². The number of amides is 2. The Hall–Kier alpha value is -3.33. The highest BCUT2D eigenvalue weighted by Crippen LogP contribution is 2.35. The maximum absolute atomic E-state index is 12.8. The van der Waals surface area contributed by atoms with Crippen LogP contribution in [0, 0.1) is 10.1 Å². The average molecular weight is 442 g/mol. The molecule has 1 heterocycles. The Morgan fingerprint density at radius 2 is 1.87 bits per heavy atom. The Labute approximate surface area is 184 Å². The highest BCUT2D eigenvalue weighted by Gasteiger charge is 2.35. The van der Waals surface area contributed by atoms with Crippen molar-refractivity contribution in [1.82, 2.24) is 4.90 Å². The van der Waals surface area contributed by atoms with Crippen molar-refractivity contribution in [2.45, 2.75) is 32.9 Å². The first kappa shape index (κ1) is 22.4. The summed E-state index contributed by atoms with van der Waals surface area (Å²) in [6, 6.07) is 11.1. The monoisotopic (exact) mass is 442 g/mol. The van der Waals surface area contributed by atoms with Gasteiger partial charge in [0.15, 0.2) is 11.5 Å². The summed E-state index contributed by atoms with van der Waals surface area (Å²) in [7, 11) is 1.54. The van der Waals surface area contributed by atoms with Crippen LogP contribution in [0.15, 0.2) is 47.4 Å². The lowest BCUT2D eigenvalue weighted by Gasteiger charge is -2.15. The van der Waals surface area contributed by atoms with Gasteiger partial charge in [0.2, 0.25) is 0 Å². The summed E-state index contributed by atoms with van der Waals surface area (Å²) in [5, 5.41) is 10.4. The molecule has 0 spiro atoms. The molecule has 0 radical (unpaired) electrons. The second kappa shape index (κ2) is 9.65. The van der Waals surface area contributed by atoms with Crippen LogP contribution in [-0.4, -0.2) is 34.2 Å². The predicted octanol–water partition coefficient (Wildman–Crippen LogP) is 5.02. The number of hydrogen-bond acceptors (Lipinski definition) is 7. The first-order valence-electron chi connectivity index (χ1n) is 9.65. The van der Waals surface area contributed by atoms with E-state index in [0.29, 0.717) is 27.5 Å². The highest BCUT2D eigenvalue weighted by atomic mass is 32.2. The van der Waals surface area contributed by atoms with E-state index in [1.807, 2.05) is 13.8 Å². The Morgan fingerprint density at radius 1 is 1.16 bits per heavy atom. The van der Waals surface area contributed by atoms with Crippen LogP contribution in [0.1, 0.15) is 31.4 Å². The van der Waals surface area contributed by atoms with Crippen LogP contribution in [0.4, 0.5) is 10.5 Å². The third-order valence-corrected chi connectivity index (χ3v) is 5.66. The number of hydrogen-bond donors (Lipinski definition) is 0. The van der Waals surface area contributed by atoms with Gasteiger partial charge < -0.3 is 9.47 Å². The van der Waals surface area contributed by atoms with Crippen molar-refractivity contribution in [1.29, 1.82) is 0 Å². The first-order chi connectivity index (χ1) is 14.8. The molecule has 1 saturated heterocycles. The van der Waals surface area contributed by atoms with Gasteiger partial charge in [-0.25, -0.2) is 0 Å². The molecule has 31 heavy (non-hydrogen) atoms. The molecule has 3 rings (SSSR count). The standard InChI is InChI=1S/C22H22N2O6S/c1-4-14(2)30-18-10-7-16(11-19(18)29-3)12-20-21(25)23(22(26)31-20)13-15-5-8-17(9-6-15)24(27)28/h5-12,14H,4,13H2,1-3H3/b20-12-. The molecule has 0 aliphatic carbocycles. The summed E-state index contributed by atoms with van der Waals surface area (Å²) in [5.74, 6) is 0.742. The second-order valence-electron chi connectivity index (χ2n) is 6.94. The number of ether oxygens (including phenoxy) is 2. The SMILES string of the molecule is CCC(C)Oc1ccc(/C=C2\SC(=O)N(Cc3ccc([N+](=O)[O-])cc3)C2=O)cc1OC. The Bertz CT molecular complexity index is 1030. The molecule has 1 fully saturated rings. The van der Waals surface area contributed by atoms with E-state index in [4.69, 9.17) is 9.47 Å². The van der Waals surface area contributed by atoms with E-state index in [1.54, 1.807) is 31.4 Å². The van der Waals surface area contributed by atoms with Crippen molar-refractivity contribution in [3.8, 4) is 11.5 Å². The number of rotatable bonds is 8. The molecule has 162 valence electrons. The van der Waals surface area contributed by atoms with E-state index in [2.05, 4.69) is 0 Å². The number of nitro groups is 1. The lowest BCUT2D eigenvalue weighted by Crippen LogP contribution is -2.27. The Kier molecular flexibility index (Phi) is 6.96. The molecule has 8 nitrogen and oxygen atoms in total. The van der Waals surface area contributed by atoms with Crippen molar-refractivity contribution >= 4 is 34.7 Å². The van der Waals surface area contributed by atoms with Crippen molar-refractivity contribution in [3.63, 3.8) is 0 Å². The summed E-state index contributed by atoms with van der Waals surface area (Å²) in [4.78, 5) is 36.8. The number of thioether (sulfide) groups is 1. The van der Waals surface area contributed by atoms with Crippen molar-refractivity contribution in [2.75, 3.05) is 7.11 Å². The molecule has 1 aliphatic heterocycles. The molecule has 1 atom stereocenters.